The van der Waals surface area contributed by atoms with Crippen molar-refractivity contribution in [2.45, 2.75) is 46.6 Å². The molecule has 0 aromatic heterocycles. The van der Waals surface area contributed by atoms with E-state index in [1.165, 1.54) is 0 Å². The lowest BCUT2D eigenvalue weighted by Crippen LogP contribution is -1.85. The van der Waals surface area contributed by atoms with Gasteiger partial charge in [-0.25, -0.2) is 0 Å². The monoisotopic (exact) mass is 212 g/mol. The Hall–Kier alpha value is -0.650. The van der Waals surface area contributed by atoms with Crippen molar-refractivity contribution in [3.8, 4) is 0 Å². The lowest BCUT2D eigenvalue weighted by atomic mass is 10.4. The van der Waals surface area contributed by atoms with Crippen LogP contribution in [0.1, 0.15) is 40.5 Å². The highest BCUT2D eigenvalue weighted by Crippen LogP contribution is 1.78. The topological polar surface area (TPSA) is 109 Å². The van der Waals surface area contributed by atoms with Gasteiger partial charge >= 0.3 is 0 Å². The molecule has 0 atom stereocenters. The minimum Gasteiger partial charge on any atom is -0.481 e. The molecule has 5 heteroatoms. The van der Waals surface area contributed by atoms with Crippen LogP contribution >= 0.6 is 0 Å². The molecule has 0 saturated carbocycles. The Labute approximate surface area is 85.7 Å². The summed E-state index contributed by atoms with van der Waals surface area (Å²) in [7, 11) is 0. The zero-order chi connectivity index (χ0) is 11.3. The molecule has 0 spiro atoms. The molecule has 5 nitrogen and oxygen atoms in total. The van der Waals surface area contributed by atoms with E-state index in [1.54, 1.807) is 13.8 Å². The Morgan fingerprint density at radius 1 is 1.36 bits per heavy atom. The van der Waals surface area contributed by atoms with E-state index in [-0.39, 0.29) is 11.6 Å². The summed E-state index contributed by atoms with van der Waals surface area (Å²) in [6.07, 6.45) is 1.87. The van der Waals surface area contributed by atoms with Crippen LogP contribution in [0.25, 0.3) is 0 Å². The molecular weight excluding hydrogens is 188 g/mol. The largest absolute Gasteiger partial charge is 0.481 e. The Bertz CT molecular complexity index is 84.4. The first-order valence-corrected chi connectivity index (χ1v) is 4.36. The van der Waals surface area contributed by atoms with Crippen LogP contribution in [-0.4, -0.2) is 39.5 Å². The molecule has 0 bridgehead atoms. The summed E-state index contributed by atoms with van der Waals surface area (Å²) >= 11 is 0. The third-order valence-electron chi connectivity index (χ3n) is 0.512. The van der Waals surface area contributed by atoms with Crippen molar-refractivity contribution in [3.05, 3.63) is 0 Å². The van der Waals surface area contributed by atoms with Crippen molar-refractivity contribution >= 4 is 5.97 Å². The summed E-state index contributed by atoms with van der Waals surface area (Å²) in [5, 5.41) is 23.5. The van der Waals surface area contributed by atoms with Crippen molar-refractivity contribution in [3.63, 3.8) is 0 Å². The minimum atomic E-state index is -0.833. The second-order valence-corrected chi connectivity index (χ2v) is 2.69. The van der Waals surface area contributed by atoms with Gasteiger partial charge in [0.15, 0.2) is 0 Å². The van der Waals surface area contributed by atoms with Gasteiger partial charge in [-0.15, -0.1) is 0 Å². The molecule has 14 heavy (non-hydrogen) atoms. The summed E-state index contributed by atoms with van der Waals surface area (Å²) in [4.78, 5) is 9.00. The molecule has 0 radical (unpaired) electrons. The van der Waals surface area contributed by atoms with Gasteiger partial charge in [-0.05, 0) is 20.3 Å². The van der Waals surface area contributed by atoms with E-state index < -0.39 is 5.97 Å². The lowest BCUT2D eigenvalue weighted by molar-refractivity contribution is -0.134. The van der Waals surface area contributed by atoms with Gasteiger partial charge in [0.25, 0.3) is 5.97 Å². The molecule has 0 rings (SSSR count). The van der Waals surface area contributed by atoms with Crippen LogP contribution in [-0.2, 0) is 4.79 Å². The van der Waals surface area contributed by atoms with E-state index in [1.807, 2.05) is 0 Å². The first kappa shape index (κ1) is 23.3. The number of unbranched alkanes of at least 4 members (excludes halogenated alkanes) is 1. The summed E-state index contributed by atoms with van der Waals surface area (Å²) < 4.78 is 0. The van der Waals surface area contributed by atoms with Gasteiger partial charge in [0.05, 0.1) is 0 Å². The fourth-order valence-electron chi connectivity index (χ4n) is 0.158. The highest BCUT2D eigenvalue weighted by molar-refractivity contribution is 5.62. The Morgan fingerprint density at radius 2 is 1.57 bits per heavy atom. The maximum absolute atomic E-state index is 9.00. The summed E-state index contributed by atoms with van der Waals surface area (Å²) in [6.45, 7) is 6.92. The van der Waals surface area contributed by atoms with Gasteiger partial charge in [-0.2, -0.15) is 0 Å². The maximum Gasteiger partial charge on any atom is 0.300 e. The zero-order valence-corrected chi connectivity index (χ0v) is 9.45. The van der Waals surface area contributed by atoms with Gasteiger partial charge in [-0.1, -0.05) is 13.3 Å². The molecule has 0 aliphatic carbocycles. The van der Waals surface area contributed by atoms with E-state index in [0.717, 1.165) is 19.8 Å². The number of aliphatic hydroxyl groups excluding tert-OH is 2. The van der Waals surface area contributed by atoms with Crippen LogP contribution in [0.4, 0.5) is 0 Å². The Kier molecular flexibility index (Phi) is 38.0. The quantitative estimate of drug-likeness (QED) is 0.616. The van der Waals surface area contributed by atoms with Crippen molar-refractivity contribution in [1.82, 2.24) is 0 Å². The fourth-order valence-corrected chi connectivity index (χ4v) is 0.158. The summed E-state index contributed by atoms with van der Waals surface area (Å²) in [6, 6.07) is 0. The molecule has 90 valence electrons. The lowest BCUT2D eigenvalue weighted by Gasteiger charge is -1.80. The smallest absolute Gasteiger partial charge is 0.300 e. The molecule has 0 amide bonds. The fraction of sp³-hybridized carbons (Fsp3) is 0.889. The molecule has 0 aromatic carbocycles. The second kappa shape index (κ2) is 22.8. The van der Waals surface area contributed by atoms with Crippen LogP contribution in [0.15, 0.2) is 0 Å². The van der Waals surface area contributed by atoms with Gasteiger partial charge in [-0.3, -0.25) is 4.79 Å². The van der Waals surface area contributed by atoms with Gasteiger partial charge in [0.2, 0.25) is 0 Å². The normalized spacial score (nSPS) is 7.36. The van der Waals surface area contributed by atoms with Crippen molar-refractivity contribution in [1.29, 1.82) is 0 Å². The molecule has 5 N–H and O–H groups in total. The van der Waals surface area contributed by atoms with E-state index in [9.17, 15) is 0 Å². The van der Waals surface area contributed by atoms with Crippen LogP contribution in [0.3, 0.4) is 0 Å². The highest BCUT2D eigenvalue weighted by atomic mass is 16.4. The number of hydrogen-bond acceptors (Lipinski definition) is 3. The van der Waals surface area contributed by atoms with Gasteiger partial charge < -0.3 is 20.8 Å². The predicted molar refractivity (Wildman–Crippen MR) is 56.3 cm³/mol. The van der Waals surface area contributed by atoms with Gasteiger partial charge in [0, 0.05) is 19.6 Å². The van der Waals surface area contributed by atoms with E-state index in [0.29, 0.717) is 6.61 Å². The molecule has 0 aromatic rings. The molecule has 0 fully saturated rings. The van der Waals surface area contributed by atoms with E-state index >= 15 is 0 Å². The first-order chi connectivity index (χ1) is 5.88. The molecule has 0 saturated heterocycles. The Balaban J connectivity index is -0.0000000522. The van der Waals surface area contributed by atoms with Crippen molar-refractivity contribution < 1.29 is 25.6 Å². The third kappa shape index (κ3) is 667. The van der Waals surface area contributed by atoms with Crippen molar-refractivity contribution in [2.24, 2.45) is 0 Å². The number of carboxylic acid groups (broad SMARTS) is 1. The first-order valence-electron chi connectivity index (χ1n) is 4.36. The highest BCUT2D eigenvalue weighted by Gasteiger charge is 1.69. The van der Waals surface area contributed by atoms with Crippen LogP contribution < -0.4 is 0 Å². The van der Waals surface area contributed by atoms with Gasteiger partial charge in [0.1, 0.15) is 0 Å². The number of carboxylic acids is 1. The number of hydrogen-bond donors (Lipinski definition) is 3. The predicted octanol–water partition coefficient (Wildman–Crippen LogP) is 0.432. The average Bonchev–Trinajstić information content (AvgIpc) is 1.86. The summed E-state index contributed by atoms with van der Waals surface area (Å²) in [5.74, 6) is -0.833. The van der Waals surface area contributed by atoms with Crippen molar-refractivity contribution in [2.75, 3.05) is 6.61 Å². The maximum atomic E-state index is 9.00. The molecular formula is C9H24O5. The standard InChI is InChI=1S/C4H10O.C3H8O.C2H4O2.H2O/c1-2-3-4-5;1-3(2)4;1-2(3)4;/h5H,2-4H2,1H3;3-4H,1-2H3;1H3,(H,3,4);1H2. The molecule has 0 heterocycles. The number of carbonyl (C=O) groups is 1. The zero-order valence-electron chi connectivity index (χ0n) is 9.45. The number of rotatable bonds is 2. The molecule has 0 unspecified atom stereocenters. The average molecular weight is 212 g/mol. The number of aliphatic carboxylic acids is 1. The molecule has 0 aliphatic heterocycles. The summed E-state index contributed by atoms with van der Waals surface area (Å²) in [5.41, 5.74) is 0. The Morgan fingerprint density at radius 3 is 1.57 bits per heavy atom. The third-order valence-corrected chi connectivity index (χ3v) is 0.512. The van der Waals surface area contributed by atoms with Crippen LogP contribution in [0.5, 0.6) is 0 Å². The molecule has 0 aliphatic rings. The second-order valence-electron chi connectivity index (χ2n) is 2.69. The van der Waals surface area contributed by atoms with E-state index in [4.69, 9.17) is 20.1 Å². The van der Waals surface area contributed by atoms with Crippen LogP contribution in [0.2, 0.25) is 0 Å². The minimum absolute atomic E-state index is 0. The van der Waals surface area contributed by atoms with Crippen LogP contribution in [0, 0.1) is 0 Å². The number of aliphatic hydroxyl groups is 2. The SMILES string of the molecule is CC(=O)O.CC(C)O.CCCCO.O. The van der Waals surface area contributed by atoms with E-state index in [2.05, 4.69) is 6.92 Å².